The molecule has 1 saturated heterocycles. The zero-order chi connectivity index (χ0) is 18.9. The van der Waals surface area contributed by atoms with Gasteiger partial charge in [0.1, 0.15) is 0 Å². The normalized spacial score (nSPS) is 22.0. The molecule has 10 heteroatoms. The molecule has 3 rings (SSSR count). The predicted octanol–water partition coefficient (Wildman–Crippen LogP) is 2.03. The topological polar surface area (TPSA) is 111 Å². The van der Waals surface area contributed by atoms with Gasteiger partial charge in [-0.2, -0.15) is 0 Å². The number of likely N-dealkylation sites (tertiary alicyclic amines) is 1. The van der Waals surface area contributed by atoms with Crippen molar-refractivity contribution in [3.8, 4) is 0 Å². The number of hydrogen-bond acceptors (Lipinski definition) is 6. The highest BCUT2D eigenvalue weighted by Crippen LogP contribution is 2.43. The Morgan fingerprint density at radius 1 is 1.48 bits per heavy atom. The maximum Gasteiger partial charge on any atom is 0.412 e. The first-order chi connectivity index (χ1) is 12.3. The Kier molecular flexibility index (Phi) is 6.56. The van der Waals surface area contributed by atoms with Crippen LogP contribution < -0.4 is 11.1 Å². The van der Waals surface area contributed by atoms with Crippen LogP contribution in [0.3, 0.4) is 0 Å². The van der Waals surface area contributed by atoms with Gasteiger partial charge in [-0.15, -0.1) is 12.4 Å². The zero-order valence-corrected chi connectivity index (χ0v) is 16.3. The molecule has 2 atom stereocenters. The molecule has 2 aliphatic heterocycles. The summed E-state index contributed by atoms with van der Waals surface area (Å²) in [6, 6.07) is 4.12. The first-order valence-corrected chi connectivity index (χ1v) is 8.63. The average molecular weight is 418 g/mol. The lowest BCUT2D eigenvalue weighted by atomic mass is 9.83. The molecule has 0 radical (unpaired) electrons. The summed E-state index contributed by atoms with van der Waals surface area (Å²) in [5.74, 6) is -0.935. The van der Waals surface area contributed by atoms with Crippen molar-refractivity contribution in [1.82, 2.24) is 4.90 Å². The van der Waals surface area contributed by atoms with E-state index in [2.05, 4.69) is 10.1 Å². The van der Waals surface area contributed by atoms with Crippen molar-refractivity contribution in [3.05, 3.63) is 28.8 Å². The van der Waals surface area contributed by atoms with E-state index in [0.29, 0.717) is 30.1 Å². The van der Waals surface area contributed by atoms with Gasteiger partial charge in [0, 0.05) is 17.1 Å². The van der Waals surface area contributed by atoms with Crippen LogP contribution in [0.25, 0.3) is 0 Å². The zero-order valence-electron chi connectivity index (χ0n) is 14.7. The van der Waals surface area contributed by atoms with Gasteiger partial charge in [-0.25, -0.2) is 4.79 Å². The molecular formula is C17H21Cl2N3O5. The number of fused-ring (bicyclic) bond motifs is 2. The fraction of sp³-hybridized carbons (Fsp3) is 0.471. The summed E-state index contributed by atoms with van der Waals surface area (Å²) in [4.78, 5) is 37.6. The van der Waals surface area contributed by atoms with E-state index < -0.39 is 23.7 Å². The molecule has 148 valence electrons. The van der Waals surface area contributed by atoms with Gasteiger partial charge in [-0.05, 0) is 31.0 Å². The number of anilines is 1. The van der Waals surface area contributed by atoms with E-state index in [-0.39, 0.29) is 31.3 Å². The van der Waals surface area contributed by atoms with E-state index in [9.17, 15) is 14.4 Å². The monoisotopic (exact) mass is 417 g/mol. The van der Waals surface area contributed by atoms with Crippen LogP contribution in [0.5, 0.6) is 0 Å². The van der Waals surface area contributed by atoms with Gasteiger partial charge >= 0.3 is 12.1 Å². The molecule has 1 fully saturated rings. The Labute approximate surface area is 167 Å². The van der Waals surface area contributed by atoms with Gasteiger partial charge in [-0.1, -0.05) is 11.6 Å². The summed E-state index contributed by atoms with van der Waals surface area (Å²) in [5, 5.41) is 3.16. The van der Waals surface area contributed by atoms with Crippen LogP contribution in [0.4, 0.5) is 10.5 Å². The standard InChI is InChI=1S/C17H20ClN3O5.ClH/c1-25-14(22)8-12(19)15(23)21-6-2-5-17(9-21)11-7-10(18)3-4-13(11)20-16(24)26-17;/h3-4,7,12H,2,5-6,8-9,19H2,1H3,(H,20,24);1H/t12?,17-;/m0./s1. The minimum Gasteiger partial charge on any atom is -0.469 e. The second kappa shape index (κ2) is 8.33. The van der Waals surface area contributed by atoms with Crippen molar-refractivity contribution in [1.29, 1.82) is 0 Å². The van der Waals surface area contributed by atoms with E-state index in [1.165, 1.54) is 12.0 Å². The molecule has 8 nitrogen and oxygen atoms in total. The molecule has 2 heterocycles. The van der Waals surface area contributed by atoms with Crippen LogP contribution in [0, 0.1) is 0 Å². The maximum atomic E-state index is 12.6. The van der Waals surface area contributed by atoms with Crippen molar-refractivity contribution in [2.75, 3.05) is 25.5 Å². The van der Waals surface area contributed by atoms with Crippen molar-refractivity contribution in [3.63, 3.8) is 0 Å². The Morgan fingerprint density at radius 2 is 2.22 bits per heavy atom. The lowest BCUT2D eigenvalue weighted by Crippen LogP contribution is -2.56. The van der Waals surface area contributed by atoms with E-state index in [0.717, 1.165) is 5.56 Å². The molecule has 1 aromatic carbocycles. The molecular weight excluding hydrogens is 397 g/mol. The molecule has 1 unspecified atom stereocenters. The number of carbonyl (C=O) groups is 3. The molecule has 2 aliphatic rings. The molecule has 2 amide bonds. The number of carbonyl (C=O) groups excluding carboxylic acids is 3. The van der Waals surface area contributed by atoms with Crippen molar-refractivity contribution in [2.45, 2.75) is 30.9 Å². The number of methoxy groups -OCH3 is 1. The van der Waals surface area contributed by atoms with Crippen LogP contribution in [-0.4, -0.2) is 49.1 Å². The highest BCUT2D eigenvalue weighted by atomic mass is 35.5. The number of nitrogens with zero attached hydrogens (tertiary/aromatic N) is 1. The average Bonchev–Trinajstić information content (AvgIpc) is 2.61. The van der Waals surface area contributed by atoms with Gasteiger partial charge in [0.25, 0.3) is 0 Å². The van der Waals surface area contributed by atoms with E-state index in [4.69, 9.17) is 22.1 Å². The third-order valence-corrected chi connectivity index (χ3v) is 4.93. The van der Waals surface area contributed by atoms with E-state index in [1.807, 2.05) is 0 Å². The maximum absolute atomic E-state index is 12.6. The van der Waals surface area contributed by atoms with Crippen LogP contribution in [-0.2, 0) is 24.7 Å². The summed E-state index contributed by atoms with van der Waals surface area (Å²) < 4.78 is 10.2. The molecule has 1 aromatic rings. The van der Waals surface area contributed by atoms with Crippen LogP contribution in [0.1, 0.15) is 24.8 Å². The van der Waals surface area contributed by atoms with Crippen molar-refractivity contribution >= 4 is 47.7 Å². The van der Waals surface area contributed by atoms with E-state index >= 15 is 0 Å². The Hall–Kier alpha value is -2.03. The largest absolute Gasteiger partial charge is 0.469 e. The minimum atomic E-state index is -1.01. The SMILES string of the molecule is COC(=O)CC(N)C(=O)N1CCC[C@@]2(C1)OC(=O)Nc1ccc(Cl)cc12.Cl. The highest BCUT2D eigenvalue weighted by Gasteiger charge is 2.46. The van der Waals surface area contributed by atoms with Crippen LogP contribution in [0.2, 0.25) is 5.02 Å². The van der Waals surface area contributed by atoms with Gasteiger partial charge in [-0.3, -0.25) is 14.9 Å². The number of esters is 1. The van der Waals surface area contributed by atoms with Gasteiger partial charge in [0.15, 0.2) is 5.60 Å². The van der Waals surface area contributed by atoms with Gasteiger partial charge in [0.2, 0.25) is 5.91 Å². The lowest BCUT2D eigenvalue weighted by molar-refractivity contribution is -0.147. The Morgan fingerprint density at radius 3 is 2.93 bits per heavy atom. The number of rotatable bonds is 3. The second-order valence-corrected chi connectivity index (χ2v) is 6.89. The summed E-state index contributed by atoms with van der Waals surface area (Å²) in [6.45, 7) is 0.623. The van der Waals surface area contributed by atoms with E-state index in [1.54, 1.807) is 18.2 Å². The van der Waals surface area contributed by atoms with Crippen molar-refractivity contribution in [2.24, 2.45) is 5.73 Å². The molecule has 1 spiro atoms. The molecule has 3 N–H and O–H groups in total. The van der Waals surface area contributed by atoms with Crippen LogP contribution >= 0.6 is 24.0 Å². The number of piperidine rings is 1. The second-order valence-electron chi connectivity index (χ2n) is 6.45. The number of benzene rings is 1. The number of nitrogens with two attached hydrogens (primary N) is 1. The number of halogens is 2. The third kappa shape index (κ3) is 4.28. The van der Waals surface area contributed by atoms with Gasteiger partial charge < -0.3 is 20.1 Å². The third-order valence-electron chi connectivity index (χ3n) is 4.70. The number of nitrogens with one attached hydrogen (secondary N) is 1. The molecule has 0 saturated carbocycles. The molecule has 0 bridgehead atoms. The Balaban J connectivity index is 0.00000261. The molecule has 27 heavy (non-hydrogen) atoms. The lowest BCUT2D eigenvalue weighted by Gasteiger charge is -2.45. The first kappa shape index (κ1) is 21.3. The number of hydrogen-bond donors (Lipinski definition) is 2. The number of amides is 2. The smallest absolute Gasteiger partial charge is 0.412 e. The summed E-state index contributed by atoms with van der Waals surface area (Å²) in [6.07, 6.45) is 0.399. The fourth-order valence-corrected chi connectivity index (χ4v) is 3.64. The molecule has 0 aromatic heterocycles. The summed E-state index contributed by atoms with van der Waals surface area (Å²) in [5.41, 5.74) is 6.21. The first-order valence-electron chi connectivity index (χ1n) is 8.26. The minimum absolute atomic E-state index is 0. The number of ether oxygens (including phenoxy) is 2. The summed E-state index contributed by atoms with van der Waals surface area (Å²) >= 11 is 6.12. The quantitative estimate of drug-likeness (QED) is 0.727. The Bertz CT molecular complexity index is 760. The fourth-order valence-electron chi connectivity index (χ4n) is 3.47. The van der Waals surface area contributed by atoms with Crippen LogP contribution in [0.15, 0.2) is 18.2 Å². The highest BCUT2D eigenvalue weighted by molar-refractivity contribution is 6.30. The predicted molar refractivity (Wildman–Crippen MR) is 101 cm³/mol. The molecule has 0 aliphatic carbocycles. The van der Waals surface area contributed by atoms with Gasteiger partial charge in [0.05, 0.1) is 31.8 Å². The van der Waals surface area contributed by atoms with Crippen molar-refractivity contribution < 1.29 is 23.9 Å². The summed E-state index contributed by atoms with van der Waals surface area (Å²) in [7, 11) is 1.24.